The fourth-order valence-electron chi connectivity index (χ4n) is 2.14. The molecular formula is C12H22N4O. The summed E-state index contributed by atoms with van der Waals surface area (Å²) in [6.45, 7) is 9.36. The SMILES string of the molecule is CC1(C)COCCN1Cc1cn(CCN)cn1. The van der Waals surface area contributed by atoms with Gasteiger partial charge in [0.05, 0.1) is 25.2 Å². The van der Waals surface area contributed by atoms with Gasteiger partial charge in [0.2, 0.25) is 0 Å². The maximum Gasteiger partial charge on any atom is 0.0950 e. The normalized spacial score (nSPS) is 20.6. The van der Waals surface area contributed by atoms with Gasteiger partial charge in [0.1, 0.15) is 0 Å². The second kappa shape index (κ2) is 5.16. The van der Waals surface area contributed by atoms with E-state index < -0.39 is 0 Å². The number of imidazole rings is 1. The first-order chi connectivity index (χ1) is 8.12. The van der Waals surface area contributed by atoms with Crippen molar-refractivity contribution >= 4 is 0 Å². The monoisotopic (exact) mass is 238 g/mol. The van der Waals surface area contributed by atoms with Gasteiger partial charge in [-0.1, -0.05) is 0 Å². The first kappa shape index (κ1) is 12.5. The molecular weight excluding hydrogens is 216 g/mol. The van der Waals surface area contributed by atoms with Crippen molar-refractivity contribution in [2.24, 2.45) is 5.73 Å². The lowest BCUT2D eigenvalue weighted by Gasteiger charge is -2.41. The van der Waals surface area contributed by atoms with E-state index in [9.17, 15) is 0 Å². The van der Waals surface area contributed by atoms with Crippen LogP contribution in [0.25, 0.3) is 0 Å². The molecule has 5 nitrogen and oxygen atoms in total. The van der Waals surface area contributed by atoms with Crippen molar-refractivity contribution in [1.82, 2.24) is 14.5 Å². The van der Waals surface area contributed by atoms with Crippen molar-refractivity contribution < 1.29 is 4.74 Å². The first-order valence-electron chi connectivity index (χ1n) is 6.15. The average molecular weight is 238 g/mol. The van der Waals surface area contributed by atoms with Crippen molar-refractivity contribution in [2.75, 3.05) is 26.3 Å². The molecule has 1 aliphatic heterocycles. The number of morpholine rings is 1. The van der Waals surface area contributed by atoms with Gasteiger partial charge in [-0.15, -0.1) is 0 Å². The zero-order chi connectivity index (χ0) is 12.3. The van der Waals surface area contributed by atoms with E-state index in [0.717, 1.165) is 38.5 Å². The molecule has 17 heavy (non-hydrogen) atoms. The number of aromatic nitrogens is 2. The second-order valence-corrected chi connectivity index (χ2v) is 5.18. The molecule has 2 heterocycles. The highest BCUT2D eigenvalue weighted by molar-refractivity contribution is 4.99. The Kier molecular flexibility index (Phi) is 3.81. The highest BCUT2D eigenvalue weighted by Crippen LogP contribution is 2.20. The summed E-state index contributed by atoms with van der Waals surface area (Å²) in [7, 11) is 0. The van der Waals surface area contributed by atoms with Gasteiger partial charge in [0.25, 0.3) is 0 Å². The van der Waals surface area contributed by atoms with Gasteiger partial charge >= 0.3 is 0 Å². The van der Waals surface area contributed by atoms with E-state index in [-0.39, 0.29) is 5.54 Å². The van der Waals surface area contributed by atoms with Crippen LogP contribution in [0.15, 0.2) is 12.5 Å². The molecule has 1 aromatic rings. The minimum absolute atomic E-state index is 0.0932. The largest absolute Gasteiger partial charge is 0.378 e. The molecule has 0 spiro atoms. The zero-order valence-electron chi connectivity index (χ0n) is 10.7. The third kappa shape index (κ3) is 3.06. The van der Waals surface area contributed by atoms with Crippen LogP contribution in [-0.4, -0.2) is 46.3 Å². The molecule has 1 aliphatic rings. The summed E-state index contributed by atoms with van der Waals surface area (Å²) in [6.07, 6.45) is 3.94. The Morgan fingerprint density at radius 3 is 3.06 bits per heavy atom. The van der Waals surface area contributed by atoms with Gasteiger partial charge in [0.15, 0.2) is 0 Å². The summed E-state index contributed by atoms with van der Waals surface area (Å²) in [4.78, 5) is 6.84. The smallest absolute Gasteiger partial charge is 0.0950 e. The van der Waals surface area contributed by atoms with Crippen LogP contribution >= 0.6 is 0 Å². The molecule has 0 unspecified atom stereocenters. The van der Waals surface area contributed by atoms with Crippen LogP contribution in [0.1, 0.15) is 19.5 Å². The lowest BCUT2D eigenvalue weighted by Crippen LogP contribution is -2.52. The van der Waals surface area contributed by atoms with Gasteiger partial charge in [-0.2, -0.15) is 0 Å². The van der Waals surface area contributed by atoms with E-state index in [1.807, 2.05) is 10.9 Å². The maximum atomic E-state index is 5.52. The molecule has 96 valence electrons. The molecule has 2 rings (SSSR count). The summed E-state index contributed by atoms with van der Waals surface area (Å²) in [6, 6.07) is 0. The third-order valence-corrected chi connectivity index (χ3v) is 3.24. The van der Waals surface area contributed by atoms with Crippen molar-refractivity contribution in [3.63, 3.8) is 0 Å². The number of nitrogens with two attached hydrogens (primary N) is 1. The Bertz CT molecular complexity index is 361. The third-order valence-electron chi connectivity index (χ3n) is 3.24. The van der Waals surface area contributed by atoms with E-state index in [0.29, 0.717) is 6.54 Å². The van der Waals surface area contributed by atoms with E-state index in [4.69, 9.17) is 10.5 Å². The molecule has 0 bridgehead atoms. The van der Waals surface area contributed by atoms with Crippen LogP contribution in [-0.2, 0) is 17.8 Å². The maximum absolute atomic E-state index is 5.52. The summed E-state index contributed by atoms with van der Waals surface area (Å²) in [5.41, 5.74) is 6.72. The molecule has 0 atom stereocenters. The summed E-state index contributed by atoms with van der Waals surface area (Å²) in [5.74, 6) is 0. The topological polar surface area (TPSA) is 56.3 Å². The highest BCUT2D eigenvalue weighted by Gasteiger charge is 2.30. The van der Waals surface area contributed by atoms with Crippen molar-refractivity contribution in [3.8, 4) is 0 Å². The van der Waals surface area contributed by atoms with E-state index in [1.54, 1.807) is 0 Å². The fourth-order valence-corrected chi connectivity index (χ4v) is 2.14. The van der Waals surface area contributed by atoms with Gasteiger partial charge in [-0.3, -0.25) is 4.90 Å². The molecule has 0 aromatic carbocycles. The molecule has 1 aromatic heterocycles. The standard InChI is InChI=1S/C12H22N4O/c1-12(2)9-17-6-5-16(12)8-11-7-15(4-3-13)10-14-11/h7,10H,3-6,8-9,13H2,1-2H3. The average Bonchev–Trinajstić information content (AvgIpc) is 2.70. The number of nitrogens with zero attached hydrogens (tertiary/aromatic N) is 3. The summed E-state index contributed by atoms with van der Waals surface area (Å²) in [5, 5.41) is 0. The molecule has 2 N–H and O–H groups in total. The zero-order valence-corrected chi connectivity index (χ0v) is 10.7. The molecule has 5 heteroatoms. The van der Waals surface area contributed by atoms with Gasteiger partial charge in [-0.25, -0.2) is 4.98 Å². The lowest BCUT2D eigenvalue weighted by molar-refractivity contribution is -0.0557. The van der Waals surface area contributed by atoms with E-state index in [1.165, 1.54) is 0 Å². The predicted octanol–water partition coefficient (Wildman–Crippen LogP) is 0.453. The number of hydrogen-bond donors (Lipinski definition) is 1. The quantitative estimate of drug-likeness (QED) is 0.827. The lowest BCUT2D eigenvalue weighted by atomic mass is 10.0. The van der Waals surface area contributed by atoms with E-state index >= 15 is 0 Å². The molecule has 1 fully saturated rings. The molecule has 0 amide bonds. The Hall–Kier alpha value is -0.910. The van der Waals surface area contributed by atoms with Gasteiger partial charge in [-0.05, 0) is 13.8 Å². The number of hydrogen-bond acceptors (Lipinski definition) is 4. The summed E-state index contributed by atoms with van der Waals surface area (Å²) < 4.78 is 7.56. The summed E-state index contributed by atoms with van der Waals surface area (Å²) >= 11 is 0. The first-order valence-corrected chi connectivity index (χ1v) is 6.15. The van der Waals surface area contributed by atoms with E-state index in [2.05, 4.69) is 29.9 Å². The van der Waals surface area contributed by atoms with Gasteiger partial charge in [0, 0.05) is 37.9 Å². The minimum Gasteiger partial charge on any atom is -0.378 e. The van der Waals surface area contributed by atoms with Gasteiger partial charge < -0.3 is 15.0 Å². The Morgan fingerprint density at radius 2 is 2.35 bits per heavy atom. The van der Waals surface area contributed by atoms with Crippen molar-refractivity contribution in [3.05, 3.63) is 18.2 Å². The molecule has 0 radical (unpaired) electrons. The Labute approximate surface area is 103 Å². The molecule has 1 saturated heterocycles. The molecule has 0 aliphatic carbocycles. The second-order valence-electron chi connectivity index (χ2n) is 5.18. The van der Waals surface area contributed by atoms with Crippen LogP contribution in [0.4, 0.5) is 0 Å². The Balaban J connectivity index is 1.98. The van der Waals surface area contributed by atoms with Crippen LogP contribution in [0.3, 0.4) is 0 Å². The van der Waals surface area contributed by atoms with Crippen molar-refractivity contribution in [1.29, 1.82) is 0 Å². The van der Waals surface area contributed by atoms with Crippen LogP contribution in [0.5, 0.6) is 0 Å². The Morgan fingerprint density at radius 1 is 1.53 bits per heavy atom. The fraction of sp³-hybridized carbons (Fsp3) is 0.750. The minimum atomic E-state index is 0.0932. The van der Waals surface area contributed by atoms with Crippen LogP contribution in [0, 0.1) is 0 Å². The highest BCUT2D eigenvalue weighted by atomic mass is 16.5. The predicted molar refractivity (Wildman–Crippen MR) is 66.6 cm³/mol. The van der Waals surface area contributed by atoms with Crippen molar-refractivity contribution in [2.45, 2.75) is 32.5 Å². The van der Waals surface area contributed by atoms with Crippen LogP contribution < -0.4 is 5.73 Å². The number of rotatable bonds is 4. The molecule has 0 saturated carbocycles. The van der Waals surface area contributed by atoms with Crippen LogP contribution in [0.2, 0.25) is 0 Å². The number of ether oxygens (including phenoxy) is 1.